The Hall–Kier alpha value is -1.34. The molecule has 1 atom stereocenters. The molecule has 0 bridgehead atoms. The van der Waals surface area contributed by atoms with Crippen molar-refractivity contribution in [2.24, 2.45) is 5.92 Å². The molecule has 1 aliphatic carbocycles. The summed E-state index contributed by atoms with van der Waals surface area (Å²) in [6.07, 6.45) is 6.97. The van der Waals surface area contributed by atoms with Gasteiger partial charge in [0.05, 0.1) is 0 Å². The molecule has 0 radical (unpaired) electrons. The third-order valence-corrected chi connectivity index (χ3v) is 4.70. The Morgan fingerprint density at radius 1 is 1.00 bits per heavy atom. The Bertz CT molecular complexity index is 549. The second-order valence-electron chi connectivity index (χ2n) is 6.00. The van der Waals surface area contributed by atoms with Gasteiger partial charge in [-0.15, -0.1) is 0 Å². The highest BCUT2D eigenvalue weighted by atomic mass is 14.9. The Kier molecular flexibility index (Phi) is 4.37. The van der Waals surface area contributed by atoms with Crippen molar-refractivity contribution in [3.05, 3.63) is 48.0 Å². The van der Waals surface area contributed by atoms with Gasteiger partial charge in [-0.25, -0.2) is 0 Å². The molecule has 1 N–H and O–H groups in total. The van der Waals surface area contributed by atoms with E-state index in [1.165, 1.54) is 48.4 Å². The van der Waals surface area contributed by atoms with Gasteiger partial charge in [-0.1, -0.05) is 68.7 Å². The van der Waals surface area contributed by atoms with E-state index in [4.69, 9.17) is 0 Å². The normalized spacial score (nSPS) is 18.2. The van der Waals surface area contributed by atoms with Crippen LogP contribution >= 0.6 is 0 Å². The van der Waals surface area contributed by atoms with Gasteiger partial charge in [0.15, 0.2) is 0 Å². The zero-order chi connectivity index (χ0) is 13.8. The maximum Gasteiger partial charge on any atom is 0.0354 e. The molecule has 20 heavy (non-hydrogen) atoms. The Labute approximate surface area is 122 Å². The third-order valence-electron chi connectivity index (χ3n) is 4.70. The van der Waals surface area contributed by atoms with Crippen LogP contribution in [0.2, 0.25) is 0 Å². The van der Waals surface area contributed by atoms with E-state index in [1.54, 1.807) is 0 Å². The van der Waals surface area contributed by atoms with Crippen molar-refractivity contribution in [1.29, 1.82) is 0 Å². The second kappa shape index (κ2) is 6.41. The summed E-state index contributed by atoms with van der Waals surface area (Å²) in [5.74, 6) is 0.800. The summed E-state index contributed by atoms with van der Waals surface area (Å²) in [6, 6.07) is 16.1. The predicted molar refractivity (Wildman–Crippen MR) is 86.9 cm³/mol. The van der Waals surface area contributed by atoms with Gasteiger partial charge >= 0.3 is 0 Å². The zero-order valence-electron chi connectivity index (χ0n) is 12.4. The number of hydrogen-bond donors (Lipinski definition) is 1. The summed E-state index contributed by atoms with van der Waals surface area (Å²) in [4.78, 5) is 0. The molecule has 1 saturated carbocycles. The lowest BCUT2D eigenvalue weighted by atomic mass is 9.80. The van der Waals surface area contributed by atoms with E-state index >= 15 is 0 Å². The van der Waals surface area contributed by atoms with Crippen LogP contribution in [0.4, 0.5) is 0 Å². The second-order valence-corrected chi connectivity index (χ2v) is 6.00. The van der Waals surface area contributed by atoms with Crippen LogP contribution in [0.15, 0.2) is 42.5 Å². The van der Waals surface area contributed by atoms with Gasteiger partial charge < -0.3 is 5.32 Å². The Balaban J connectivity index is 2.00. The number of nitrogens with one attached hydrogen (secondary N) is 1. The summed E-state index contributed by atoms with van der Waals surface area (Å²) in [5.41, 5.74) is 1.50. The molecule has 1 fully saturated rings. The molecule has 1 nitrogen and oxygen atoms in total. The monoisotopic (exact) mass is 267 g/mol. The minimum Gasteiger partial charge on any atom is -0.310 e. The molecule has 0 aliphatic heterocycles. The van der Waals surface area contributed by atoms with Crippen molar-refractivity contribution in [3.8, 4) is 0 Å². The quantitative estimate of drug-likeness (QED) is 0.815. The van der Waals surface area contributed by atoms with Gasteiger partial charge in [-0.05, 0) is 41.6 Å². The number of fused-ring (bicyclic) bond motifs is 1. The first-order chi connectivity index (χ1) is 9.90. The van der Waals surface area contributed by atoms with Crippen molar-refractivity contribution in [2.45, 2.75) is 45.1 Å². The van der Waals surface area contributed by atoms with E-state index in [1.807, 2.05) is 0 Å². The molecule has 1 heteroatoms. The molecule has 0 amide bonds. The average molecular weight is 267 g/mol. The fraction of sp³-hybridized carbons (Fsp3) is 0.474. The molecule has 0 aromatic heterocycles. The summed E-state index contributed by atoms with van der Waals surface area (Å²) in [7, 11) is 0. The molecule has 3 rings (SSSR count). The maximum atomic E-state index is 3.76. The number of hydrogen-bond acceptors (Lipinski definition) is 1. The van der Waals surface area contributed by atoms with Crippen LogP contribution < -0.4 is 5.32 Å². The van der Waals surface area contributed by atoms with E-state index in [-0.39, 0.29) is 0 Å². The molecule has 106 valence electrons. The predicted octanol–water partition coefficient (Wildman–Crippen LogP) is 5.07. The van der Waals surface area contributed by atoms with Crippen molar-refractivity contribution in [2.75, 3.05) is 6.54 Å². The molecule has 0 saturated heterocycles. The van der Waals surface area contributed by atoms with Crippen LogP contribution in [0.5, 0.6) is 0 Å². The van der Waals surface area contributed by atoms with Gasteiger partial charge in [-0.3, -0.25) is 0 Å². The van der Waals surface area contributed by atoms with Gasteiger partial charge in [0.2, 0.25) is 0 Å². The molecule has 2 aromatic carbocycles. The van der Waals surface area contributed by atoms with Crippen LogP contribution in [0, 0.1) is 5.92 Å². The van der Waals surface area contributed by atoms with E-state index < -0.39 is 0 Å². The first-order valence-corrected chi connectivity index (χ1v) is 8.11. The topological polar surface area (TPSA) is 12.0 Å². The third kappa shape index (κ3) is 2.73. The molecule has 0 heterocycles. The van der Waals surface area contributed by atoms with Crippen molar-refractivity contribution < 1.29 is 0 Å². The van der Waals surface area contributed by atoms with E-state index in [9.17, 15) is 0 Å². The lowest BCUT2D eigenvalue weighted by molar-refractivity contribution is 0.275. The molecule has 1 aliphatic rings. The molecule has 2 aromatic rings. The lowest BCUT2D eigenvalue weighted by Crippen LogP contribution is -2.29. The highest BCUT2D eigenvalue weighted by Gasteiger charge is 2.25. The largest absolute Gasteiger partial charge is 0.310 e. The Morgan fingerprint density at radius 2 is 1.75 bits per heavy atom. The summed E-state index contributed by atoms with van der Waals surface area (Å²) >= 11 is 0. The average Bonchev–Trinajstić information content (AvgIpc) is 2.53. The minimum atomic E-state index is 0.520. The first-order valence-electron chi connectivity index (χ1n) is 8.11. The summed E-state index contributed by atoms with van der Waals surface area (Å²) < 4.78 is 0. The zero-order valence-corrected chi connectivity index (χ0v) is 12.4. The highest BCUT2D eigenvalue weighted by Crippen LogP contribution is 2.37. The van der Waals surface area contributed by atoms with Crippen LogP contribution in [0.25, 0.3) is 10.8 Å². The molecule has 1 unspecified atom stereocenters. The van der Waals surface area contributed by atoms with Gasteiger partial charge in [0, 0.05) is 6.04 Å². The van der Waals surface area contributed by atoms with Crippen LogP contribution in [-0.4, -0.2) is 6.54 Å². The van der Waals surface area contributed by atoms with E-state index in [0.717, 1.165) is 12.5 Å². The molecular weight excluding hydrogens is 242 g/mol. The smallest absolute Gasteiger partial charge is 0.0354 e. The summed E-state index contributed by atoms with van der Waals surface area (Å²) in [6.45, 7) is 3.27. The van der Waals surface area contributed by atoms with Gasteiger partial charge in [0.25, 0.3) is 0 Å². The Morgan fingerprint density at radius 3 is 2.55 bits per heavy atom. The highest BCUT2D eigenvalue weighted by molar-refractivity contribution is 5.86. The fourth-order valence-electron chi connectivity index (χ4n) is 3.74. The van der Waals surface area contributed by atoms with Crippen LogP contribution in [0.1, 0.15) is 50.6 Å². The van der Waals surface area contributed by atoms with Gasteiger partial charge in [0.1, 0.15) is 0 Å². The SMILES string of the molecule is CCNC(c1cccc2ccccc12)C1CCCCC1. The number of rotatable bonds is 4. The minimum absolute atomic E-state index is 0.520. The maximum absolute atomic E-state index is 3.76. The first kappa shape index (κ1) is 13.6. The van der Waals surface area contributed by atoms with Crippen LogP contribution in [-0.2, 0) is 0 Å². The van der Waals surface area contributed by atoms with Crippen LogP contribution in [0.3, 0.4) is 0 Å². The van der Waals surface area contributed by atoms with Crippen molar-refractivity contribution >= 4 is 10.8 Å². The number of benzene rings is 2. The summed E-state index contributed by atoms with van der Waals surface area (Å²) in [5, 5.41) is 6.55. The molecule has 0 spiro atoms. The lowest BCUT2D eigenvalue weighted by Gasteiger charge is -2.32. The van der Waals surface area contributed by atoms with Crippen molar-refractivity contribution in [3.63, 3.8) is 0 Å². The van der Waals surface area contributed by atoms with Crippen molar-refractivity contribution in [1.82, 2.24) is 5.32 Å². The molecular formula is C19H25N. The van der Waals surface area contributed by atoms with E-state index in [0.29, 0.717) is 6.04 Å². The fourth-order valence-corrected chi connectivity index (χ4v) is 3.74. The van der Waals surface area contributed by atoms with E-state index in [2.05, 4.69) is 54.7 Å². The standard InChI is InChI=1S/C19H25N/c1-2-20-19(16-10-4-3-5-11-16)18-14-8-12-15-9-6-7-13-17(15)18/h6-9,12-14,16,19-20H,2-5,10-11H2,1H3. The van der Waals surface area contributed by atoms with Gasteiger partial charge in [-0.2, -0.15) is 0 Å².